The van der Waals surface area contributed by atoms with Crippen molar-refractivity contribution < 1.29 is 4.74 Å². The molecule has 1 aliphatic rings. The molecule has 4 rings (SSSR count). The Kier molecular flexibility index (Phi) is 5.94. The highest BCUT2D eigenvalue weighted by Gasteiger charge is 2.27. The van der Waals surface area contributed by atoms with Gasteiger partial charge in [-0.3, -0.25) is 0 Å². The van der Waals surface area contributed by atoms with E-state index in [4.69, 9.17) is 39.4 Å². The van der Waals surface area contributed by atoms with Crippen LogP contribution in [0.4, 0.5) is 11.8 Å². The number of anilines is 2. The SMILES string of the molecule is Nc1nc(N)c2c(OC(Cc3ccc(Cl)c(Cl)c3)C3CCNCC3)cccc2n1. The number of hydrogen-bond acceptors (Lipinski definition) is 6. The molecule has 1 unspecified atom stereocenters. The van der Waals surface area contributed by atoms with Gasteiger partial charge in [-0.1, -0.05) is 35.3 Å². The molecule has 0 bridgehead atoms. The fourth-order valence-corrected chi connectivity index (χ4v) is 4.20. The van der Waals surface area contributed by atoms with Crippen molar-refractivity contribution in [3.05, 3.63) is 52.0 Å². The Morgan fingerprint density at radius 3 is 2.62 bits per heavy atom. The van der Waals surface area contributed by atoms with Crippen LogP contribution in [0.5, 0.6) is 5.75 Å². The van der Waals surface area contributed by atoms with E-state index in [1.54, 1.807) is 0 Å². The number of piperidine rings is 1. The Labute approximate surface area is 179 Å². The van der Waals surface area contributed by atoms with Gasteiger partial charge in [0.25, 0.3) is 0 Å². The van der Waals surface area contributed by atoms with Gasteiger partial charge in [0.15, 0.2) is 0 Å². The number of halogens is 2. The highest BCUT2D eigenvalue weighted by atomic mass is 35.5. The minimum atomic E-state index is -0.0445. The van der Waals surface area contributed by atoms with Crippen LogP contribution in [0.3, 0.4) is 0 Å². The van der Waals surface area contributed by atoms with Crippen molar-refractivity contribution in [3.63, 3.8) is 0 Å². The van der Waals surface area contributed by atoms with E-state index in [9.17, 15) is 0 Å². The predicted molar refractivity (Wildman–Crippen MR) is 119 cm³/mol. The first-order valence-electron chi connectivity index (χ1n) is 9.64. The summed E-state index contributed by atoms with van der Waals surface area (Å²) in [7, 11) is 0. The van der Waals surface area contributed by atoms with Crippen LogP contribution in [0, 0.1) is 5.92 Å². The monoisotopic (exact) mass is 431 g/mol. The fraction of sp³-hybridized carbons (Fsp3) is 0.333. The minimum absolute atomic E-state index is 0.0445. The van der Waals surface area contributed by atoms with Crippen LogP contribution in [0.2, 0.25) is 10.0 Å². The molecule has 2 heterocycles. The summed E-state index contributed by atoms with van der Waals surface area (Å²) >= 11 is 12.3. The van der Waals surface area contributed by atoms with Crippen molar-refractivity contribution >= 4 is 45.9 Å². The van der Waals surface area contributed by atoms with E-state index < -0.39 is 0 Å². The summed E-state index contributed by atoms with van der Waals surface area (Å²) in [5, 5.41) is 5.20. The molecule has 3 aromatic rings. The maximum Gasteiger partial charge on any atom is 0.222 e. The summed E-state index contributed by atoms with van der Waals surface area (Å²) in [6, 6.07) is 11.4. The normalized spacial score (nSPS) is 16.1. The van der Waals surface area contributed by atoms with Gasteiger partial charge in [-0.05, 0) is 61.7 Å². The summed E-state index contributed by atoms with van der Waals surface area (Å²) in [6.45, 7) is 1.95. The van der Waals surface area contributed by atoms with Crippen molar-refractivity contribution in [3.8, 4) is 5.75 Å². The first-order valence-corrected chi connectivity index (χ1v) is 10.4. The Hall–Kier alpha value is -2.28. The number of nitrogens with one attached hydrogen (secondary N) is 1. The summed E-state index contributed by atoms with van der Waals surface area (Å²) in [4.78, 5) is 8.40. The third-order valence-electron chi connectivity index (χ3n) is 5.34. The average Bonchev–Trinajstić information content (AvgIpc) is 2.70. The van der Waals surface area contributed by atoms with Gasteiger partial charge in [0.2, 0.25) is 5.95 Å². The first-order chi connectivity index (χ1) is 14.0. The summed E-state index contributed by atoms with van der Waals surface area (Å²) < 4.78 is 6.56. The zero-order valence-electron chi connectivity index (χ0n) is 15.9. The van der Waals surface area contributed by atoms with E-state index in [-0.39, 0.29) is 12.1 Å². The lowest BCUT2D eigenvalue weighted by atomic mass is 9.88. The Balaban J connectivity index is 1.68. The number of nitrogens with two attached hydrogens (primary N) is 2. The quantitative estimate of drug-likeness (QED) is 0.562. The average molecular weight is 432 g/mol. The Bertz CT molecular complexity index is 1020. The number of rotatable bonds is 5. The van der Waals surface area contributed by atoms with Crippen LogP contribution in [0.15, 0.2) is 36.4 Å². The summed E-state index contributed by atoms with van der Waals surface area (Å²) in [5.74, 6) is 1.54. The van der Waals surface area contributed by atoms with Crippen molar-refractivity contribution in [1.82, 2.24) is 15.3 Å². The number of ether oxygens (including phenoxy) is 1. The van der Waals surface area contributed by atoms with Gasteiger partial charge in [0, 0.05) is 6.42 Å². The van der Waals surface area contributed by atoms with Crippen LogP contribution in [0.25, 0.3) is 10.9 Å². The predicted octanol–water partition coefficient (Wildman–Crippen LogP) is 4.09. The van der Waals surface area contributed by atoms with E-state index in [0.717, 1.165) is 31.5 Å². The number of benzene rings is 2. The fourth-order valence-electron chi connectivity index (χ4n) is 3.88. The molecule has 0 radical (unpaired) electrons. The topological polar surface area (TPSA) is 99.1 Å². The van der Waals surface area contributed by atoms with Crippen LogP contribution in [-0.4, -0.2) is 29.2 Å². The standard InChI is InChI=1S/C21H23Cl2N5O/c22-14-5-4-12(10-15(14)23)11-18(13-6-8-26-9-7-13)29-17-3-1-2-16-19(17)20(24)28-21(25)27-16/h1-5,10,13,18,26H,6-9,11H2,(H4,24,25,27,28). The van der Waals surface area contributed by atoms with Gasteiger partial charge in [-0.25, -0.2) is 4.98 Å². The van der Waals surface area contributed by atoms with E-state index in [1.165, 1.54) is 0 Å². The van der Waals surface area contributed by atoms with Gasteiger partial charge in [0.05, 0.1) is 20.9 Å². The molecule has 8 heteroatoms. The van der Waals surface area contributed by atoms with E-state index >= 15 is 0 Å². The molecule has 1 aromatic heterocycles. The molecule has 0 amide bonds. The van der Waals surface area contributed by atoms with E-state index in [2.05, 4.69) is 15.3 Å². The van der Waals surface area contributed by atoms with E-state index in [0.29, 0.717) is 44.9 Å². The third kappa shape index (κ3) is 4.50. The molecule has 1 saturated heterocycles. The Morgan fingerprint density at radius 2 is 1.86 bits per heavy atom. The zero-order valence-corrected chi connectivity index (χ0v) is 17.4. The lowest BCUT2D eigenvalue weighted by Gasteiger charge is -2.31. The third-order valence-corrected chi connectivity index (χ3v) is 6.08. The van der Waals surface area contributed by atoms with Crippen LogP contribution < -0.4 is 21.5 Å². The second kappa shape index (κ2) is 8.61. The van der Waals surface area contributed by atoms with E-state index in [1.807, 2.05) is 36.4 Å². The van der Waals surface area contributed by atoms with Gasteiger partial charge in [-0.15, -0.1) is 0 Å². The van der Waals surface area contributed by atoms with Crippen molar-refractivity contribution in [2.24, 2.45) is 5.92 Å². The lowest BCUT2D eigenvalue weighted by molar-refractivity contribution is 0.113. The second-order valence-corrected chi connectivity index (χ2v) is 8.13. The van der Waals surface area contributed by atoms with Crippen molar-refractivity contribution in [1.29, 1.82) is 0 Å². The molecule has 1 aliphatic heterocycles. The van der Waals surface area contributed by atoms with Crippen molar-refractivity contribution in [2.75, 3.05) is 24.6 Å². The molecular formula is C21H23Cl2N5O. The first kappa shape index (κ1) is 20.0. The molecule has 0 spiro atoms. The number of nitrogen functional groups attached to an aromatic ring is 2. The number of aromatic nitrogens is 2. The number of fused-ring (bicyclic) bond motifs is 1. The largest absolute Gasteiger partial charge is 0.489 e. The highest BCUT2D eigenvalue weighted by Crippen LogP contribution is 2.33. The maximum atomic E-state index is 6.56. The number of nitrogens with zero attached hydrogens (tertiary/aromatic N) is 2. The second-order valence-electron chi connectivity index (χ2n) is 7.31. The molecule has 0 saturated carbocycles. The zero-order chi connectivity index (χ0) is 20.4. The summed E-state index contributed by atoms with van der Waals surface area (Å²) in [5.41, 5.74) is 13.6. The summed E-state index contributed by atoms with van der Waals surface area (Å²) in [6.07, 6.45) is 2.75. The molecule has 1 atom stereocenters. The number of hydrogen-bond donors (Lipinski definition) is 3. The highest BCUT2D eigenvalue weighted by molar-refractivity contribution is 6.42. The molecule has 2 aromatic carbocycles. The molecular weight excluding hydrogens is 409 g/mol. The maximum absolute atomic E-state index is 6.56. The van der Waals surface area contributed by atoms with Crippen LogP contribution in [0.1, 0.15) is 18.4 Å². The smallest absolute Gasteiger partial charge is 0.222 e. The van der Waals surface area contributed by atoms with Gasteiger partial charge in [-0.2, -0.15) is 4.98 Å². The molecule has 152 valence electrons. The van der Waals surface area contributed by atoms with Crippen LogP contribution in [-0.2, 0) is 6.42 Å². The Morgan fingerprint density at radius 1 is 1.07 bits per heavy atom. The molecule has 5 N–H and O–H groups in total. The molecule has 1 fully saturated rings. The van der Waals surface area contributed by atoms with Gasteiger partial charge in [0.1, 0.15) is 17.7 Å². The van der Waals surface area contributed by atoms with Crippen molar-refractivity contribution in [2.45, 2.75) is 25.4 Å². The minimum Gasteiger partial charge on any atom is -0.489 e. The van der Waals surface area contributed by atoms with Gasteiger partial charge < -0.3 is 21.5 Å². The molecule has 6 nitrogen and oxygen atoms in total. The lowest BCUT2D eigenvalue weighted by Crippen LogP contribution is -2.38. The van der Waals surface area contributed by atoms with Crippen LogP contribution >= 0.6 is 23.2 Å². The molecule has 29 heavy (non-hydrogen) atoms. The van der Waals surface area contributed by atoms with Gasteiger partial charge >= 0.3 is 0 Å². The molecule has 0 aliphatic carbocycles.